The third kappa shape index (κ3) is 5.44. The van der Waals surface area contributed by atoms with Gasteiger partial charge in [-0.05, 0) is 51.4 Å². The van der Waals surface area contributed by atoms with E-state index in [1.165, 1.54) is 13.1 Å². The predicted molar refractivity (Wildman–Crippen MR) is 113 cm³/mol. The third-order valence-corrected chi connectivity index (χ3v) is 5.86. The first-order valence-corrected chi connectivity index (χ1v) is 11.1. The molecule has 2 saturated carbocycles. The summed E-state index contributed by atoms with van der Waals surface area (Å²) in [5.74, 6) is 0.00689. The van der Waals surface area contributed by atoms with Crippen molar-refractivity contribution in [2.45, 2.75) is 70.6 Å². The number of pyridine rings is 1. The maximum atomic E-state index is 14.9. The van der Waals surface area contributed by atoms with E-state index in [1.54, 1.807) is 11.6 Å². The van der Waals surface area contributed by atoms with Crippen LogP contribution in [0.3, 0.4) is 0 Å². The second kappa shape index (κ2) is 9.38. The topological polar surface area (TPSA) is 87.5 Å². The first-order chi connectivity index (χ1) is 14.9. The lowest BCUT2D eigenvalue weighted by Gasteiger charge is -2.29. The zero-order valence-electron chi connectivity index (χ0n) is 18.4. The summed E-state index contributed by atoms with van der Waals surface area (Å²) in [6.07, 6.45) is 7.37. The molecule has 0 bridgehead atoms. The number of hydrogen-bond donors (Lipinski definition) is 1. The zero-order chi connectivity index (χ0) is 22.0. The van der Waals surface area contributed by atoms with Crippen LogP contribution in [-0.2, 0) is 16.6 Å². The molecule has 0 unspecified atom stereocenters. The van der Waals surface area contributed by atoms with Crippen molar-refractivity contribution in [3.8, 4) is 11.9 Å². The minimum absolute atomic E-state index is 0.00439. The molecule has 2 heterocycles. The number of ether oxygens (including phenoxy) is 3. The molecular weight excluding hydrogens is 403 g/mol. The standard InChI is InChI=1S/C22H31FN4O4/c1-13(25-14(2)28)11-29-16-6-8-17(9-7-16)31-22-26-18-10-24-21(30-12-15-4-5-15)19(23)20(18)27(22)3/h10,13,15-17H,4-9,11-12H2,1-3H3,(H,25,28)/t13-,16-,17-/m0/s1. The molecule has 0 spiro atoms. The van der Waals surface area contributed by atoms with Crippen molar-refractivity contribution >= 4 is 16.9 Å². The molecule has 1 atom stereocenters. The first kappa shape index (κ1) is 21.8. The van der Waals surface area contributed by atoms with Crippen LogP contribution < -0.4 is 14.8 Å². The smallest absolute Gasteiger partial charge is 0.297 e. The molecule has 2 aromatic rings. The summed E-state index contributed by atoms with van der Waals surface area (Å²) in [6, 6.07) is 0.381. The molecule has 4 rings (SSSR count). The summed E-state index contributed by atoms with van der Waals surface area (Å²) in [7, 11) is 1.75. The molecule has 0 radical (unpaired) electrons. The molecule has 2 fully saturated rings. The number of aromatic nitrogens is 3. The van der Waals surface area contributed by atoms with Crippen LogP contribution in [0.15, 0.2) is 6.20 Å². The van der Waals surface area contributed by atoms with Crippen molar-refractivity contribution in [2.24, 2.45) is 13.0 Å². The Morgan fingerprint density at radius 1 is 1.26 bits per heavy atom. The molecule has 0 aromatic carbocycles. The monoisotopic (exact) mass is 434 g/mol. The lowest BCUT2D eigenvalue weighted by atomic mass is 9.95. The van der Waals surface area contributed by atoms with E-state index < -0.39 is 5.82 Å². The van der Waals surface area contributed by atoms with Gasteiger partial charge in [0.15, 0.2) is 0 Å². The Bertz CT molecular complexity index is 922. The fourth-order valence-corrected chi connectivity index (χ4v) is 3.95. The quantitative estimate of drug-likeness (QED) is 0.653. The fourth-order valence-electron chi connectivity index (χ4n) is 3.95. The van der Waals surface area contributed by atoms with Crippen LogP contribution in [0.4, 0.5) is 4.39 Å². The van der Waals surface area contributed by atoms with E-state index in [2.05, 4.69) is 15.3 Å². The molecule has 0 saturated heterocycles. The van der Waals surface area contributed by atoms with Gasteiger partial charge in [0.1, 0.15) is 17.1 Å². The first-order valence-electron chi connectivity index (χ1n) is 11.1. The molecule has 31 heavy (non-hydrogen) atoms. The average Bonchev–Trinajstić information content (AvgIpc) is 3.50. The van der Waals surface area contributed by atoms with Crippen molar-refractivity contribution in [1.82, 2.24) is 19.9 Å². The number of carbonyl (C=O) groups is 1. The summed E-state index contributed by atoms with van der Waals surface area (Å²) in [6.45, 7) is 4.44. The number of rotatable bonds is 9. The van der Waals surface area contributed by atoms with Gasteiger partial charge in [-0.25, -0.2) is 4.98 Å². The zero-order valence-corrected chi connectivity index (χ0v) is 18.4. The van der Waals surface area contributed by atoms with E-state index in [4.69, 9.17) is 14.2 Å². The van der Waals surface area contributed by atoms with Gasteiger partial charge in [0, 0.05) is 20.0 Å². The largest absolute Gasteiger partial charge is 0.475 e. The molecule has 1 N–H and O–H groups in total. The van der Waals surface area contributed by atoms with Crippen LogP contribution in [0.5, 0.6) is 11.9 Å². The Balaban J connectivity index is 1.32. The molecule has 8 nitrogen and oxygen atoms in total. The van der Waals surface area contributed by atoms with Crippen LogP contribution in [0.2, 0.25) is 0 Å². The average molecular weight is 435 g/mol. The van der Waals surface area contributed by atoms with Crippen LogP contribution >= 0.6 is 0 Å². The van der Waals surface area contributed by atoms with Gasteiger partial charge in [-0.15, -0.1) is 0 Å². The highest BCUT2D eigenvalue weighted by atomic mass is 19.1. The molecule has 2 aliphatic carbocycles. The van der Waals surface area contributed by atoms with Crippen molar-refractivity contribution < 1.29 is 23.4 Å². The molecular formula is C22H31FN4O4. The van der Waals surface area contributed by atoms with Crippen LogP contribution in [0.1, 0.15) is 52.4 Å². The van der Waals surface area contributed by atoms with E-state index in [1.807, 2.05) is 6.92 Å². The van der Waals surface area contributed by atoms with Gasteiger partial charge in [-0.3, -0.25) is 9.36 Å². The van der Waals surface area contributed by atoms with Gasteiger partial charge in [0.05, 0.1) is 25.5 Å². The van der Waals surface area contributed by atoms with Gasteiger partial charge >= 0.3 is 0 Å². The number of halogens is 1. The second-order valence-electron chi connectivity index (χ2n) is 8.77. The summed E-state index contributed by atoms with van der Waals surface area (Å²) in [5.41, 5.74) is 0.803. The SMILES string of the molecule is CC(=O)N[C@@H](C)CO[C@H]1CC[C@H](Oc2nc3cnc(OCC4CC4)c(F)c3n2C)CC1. The highest BCUT2D eigenvalue weighted by Crippen LogP contribution is 2.32. The van der Waals surface area contributed by atoms with Crippen molar-refractivity contribution in [3.63, 3.8) is 0 Å². The predicted octanol–water partition coefficient (Wildman–Crippen LogP) is 3.13. The van der Waals surface area contributed by atoms with Gasteiger partial charge in [0.25, 0.3) is 11.9 Å². The second-order valence-corrected chi connectivity index (χ2v) is 8.77. The number of fused-ring (bicyclic) bond motifs is 1. The lowest BCUT2D eigenvalue weighted by molar-refractivity contribution is -0.120. The number of amides is 1. The maximum absolute atomic E-state index is 14.9. The summed E-state index contributed by atoms with van der Waals surface area (Å²) >= 11 is 0. The molecule has 9 heteroatoms. The number of nitrogens with one attached hydrogen (secondary N) is 1. The van der Waals surface area contributed by atoms with Gasteiger partial charge < -0.3 is 19.5 Å². The van der Waals surface area contributed by atoms with E-state index in [0.29, 0.717) is 36.2 Å². The molecule has 170 valence electrons. The Labute approximate surface area is 181 Å². The summed E-state index contributed by atoms with van der Waals surface area (Å²) in [4.78, 5) is 19.6. The van der Waals surface area contributed by atoms with Crippen LogP contribution in [0, 0.1) is 11.7 Å². The van der Waals surface area contributed by atoms with Crippen molar-refractivity contribution in [2.75, 3.05) is 13.2 Å². The normalized spacial score (nSPS) is 22.3. The number of nitrogens with zero attached hydrogens (tertiary/aromatic N) is 3. The highest BCUT2D eigenvalue weighted by molar-refractivity contribution is 5.77. The minimum atomic E-state index is -0.492. The Morgan fingerprint density at radius 3 is 2.65 bits per heavy atom. The van der Waals surface area contributed by atoms with E-state index in [9.17, 15) is 9.18 Å². The Hall–Kier alpha value is -2.42. The summed E-state index contributed by atoms with van der Waals surface area (Å²) < 4.78 is 34.1. The molecule has 0 aliphatic heterocycles. The number of hydrogen-bond acceptors (Lipinski definition) is 6. The van der Waals surface area contributed by atoms with E-state index in [0.717, 1.165) is 38.5 Å². The maximum Gasteiger partial charge on any atom is 0.297 e. The third-order valence-electron chi connectivity index (χ3n) is 5.86. The lowest BCUT2D eigenvalue weighted by Crippen LogP contribution is -2.37. The highest BCUT2D eigenvalue weighted by Gasteiger charge is 2.27. The van der Waals surface area contributed by atoms with Crippen molar-refractivity contribution in [1.29, 1.82) is 0 Å². The Morgan fingerprint density at radius 2 is 1.97 bits per heavy atom. The van der Waals surface area contributed by atoms with Gasteiger partial charge in [-0.2, -0.15) is 9.37 Å². The number of carbonyl (C=O) groups excluding carboxylic acids is 1. The van der Waals surface area contributed by atoms with Crippen LogP contribution in [0.25, 0.3) is 11.0 Å². The van der Waals surface area contributed by atoms with Crippen molar-refractivity contribution in [3.05, 3.63) is 12.0 Å². The number of imidazole rings is 1. The van der Waals surface area contributed by atoms with E-state index in [-0.39, 0.29) is 30.0 Å². The molecule has 2 aromatic heterocycles. The van der Waals surface area contributed by atoms with Crippen LogP contribution in [-0.4, -0.2) is 51.9 Å². The molecule has 2 aliphatic rings. The molecule has 1 amide bonds. The minimum Gasteiger partial charge on any atom is -0.475 e. The fraction of sp³-hybridized carbons (Fsp3) is 0.682. The Kier molecular flexibility index (Phi) is 6.60. The van der Waals surface area contributed by atoms with E-state index >= 15 is 0 Å². The summed E-state index contributed by atoms with van der Waals surface area (Å²) in [5, 5.41) is 2.82. The number of aryl methyl sites for hydroxylation is 1. The van der Waals surface area contributed by atoms with Gasteiger partial charge in [0.2, 0.25) is 11.7 Å². The van der Waals surface area contributed by atoms with Gasteiger partial charge in [-0.1, -0.05) is 0 Å².